The van der Waals surface area contributed by atoms with Crippen molar-refractivity contribution in [2.45, 2.75) is 51.2 Å². The number of ether oxygens (including phenoxy) is 1. The van der Waals surface area contributed by atoms with E-state index in [2.05, 4.69) is 17.3 Å². The molecule has 1 aromatic heterocycles. The Hall–Kier alpha value is -1.76. The van der Waals surface area contributed by atoms with E-state index in [9.17, 15) is 9.59 Å². The molecule has 8 heteroatoms. The summed E-state index contributed by atoms with van der Waals surface area (Å²) in [5.74, 6) is 0.745. The van der Waals surface area contributed by atoms with E-state index in [0.717, 1.165) is 31.6 Å². The minimum absolute atomic E-state index is 0.152. The summed E-state index contributed by atoms with van der Waals surface area (Å²) in [5.41, 5.74) is 0.269. The molecule has 0 bridgehead atoms. The predicted octanol–water partition coefficient (Wildman–Crippen LogP) is 2.32. The van der Waals surface area contributed by atoms with Gasteiger partial charge in [0.2, 0.25) is 0 Å². The number of aryl methyl sites for hydroxylation is 1. The van der Waals surface area contributed by atoms with E-state index in [1.54, 1.807) is 13.2 Å². The average Bonchev–Trinajstić information content (AvgIpc) is 3.03. The molecule has 2 aliphatic rings. The van der Waals surface area contributed by atoms with Gasteiger partial charge < -0.3 is 15.0 Å². The van der Waals surface area contributed by atoms with Crippen molar-refractivity contribution in [3.8, 4) is 0 Å². The van der Waals surface area contributed by atoms with Gasteiger partial charge in [0.25, 0.3) is 5.56 Å². The number of amides is 1. The zero-order valence-electron chi connectivity index (χ0n) is 14.7. The summed E-state index contributed by atoms with van der Waals surface area (Å²) in [4.78, 5) is 26.0. The fourth-order valence-corrected chi connectivity index (χ4v) is 3.81. The van der Waals surface area contributed by atoms with Crippen molar-refractivity contribution in [2.24, 2.45) is 13.0 Å². The molecule has 7 nitrogen and oxygen atoms in total. The van der Waals surface area contributed by atoms with Gasteiger partial charge in [0, 0.05) is 26.1 Å². The normalized spacial score (nSPS) is 26.5. The maximum absolute atomic E-state index is 12.1. The highest BCUT2D eigenvalue weighted by atomic mass is 35.5. The van der Waals surface area contributed by atoms with Crippen molar-refractivity contribution in [3.63, 3.8) is 0 Å². The molecule has 2 fully saturated rings. The largest absolute Gasteiger partial charge is 0.444 e. The first-order valence-corrected chi connectivity index (χ1v) is 9.25. The number of nitrogens with zero attached hydrogens (tertiary/aromatic N) is 3. The maximum atomic E-state index is 12.1. The Morgan fingerprint density at radius 2 is 2.04 bits per heavy atom. The molecule has 1 amide bonds. The van der Waals surface area contributed by atoms with Crippen LogP contribution in [0.5, 0.6) is 0 Å². The molecule has 1 atom stereocenters. The third kappa shape index (κ3) is 4.26. The number of rotatable bonds is 3. The van der Waals surface area contributed by atoms with Gasteiger partial charge in [0.05, 0.1) is 18.4 Å². The third-order valence-corrected chi connectivity index (χ3v) is 5.51. The van der Waals surface area contributed by atoms with Crippen molar-refractivity contribution < 1.29 is 9.53 Å². The number of nitrogens with one attached hydrogen (secondary N) is 1. The van der Waals surface area contributed by atoms with Gasteiger partial charge in [0.1, 0.15) is 11.1 Å². The number of hydrogen-bond donors (Lipinski definition) is 1. The van der Waals surface area contributed by atoms with Crippen LogP contribution in [-0.4, -0.2) is 41.1 Å². The number of anilines is 1. The highest BCUT2D eigenvalue weighted by molar-refractivity contribution is 6.33. The molecule has 1 aromatic rings. The molecule has 1 aliphatic carbocycles. The van der Waals surface area contributed by atoms with Crippen molar-refractivity contribution in [1.82, 2.24) is 15.1 Å². The first-order chi connectivity index (χ1) is 11.9. The van der Waals surface area contributed by atoms with Gasteiger partial charge in [-0.1, -0.05) is 18.5 Å². The minimum atomic E-state index is -0.348. The molecule has 1 saturated carbocycles. The Bertz CT molecular complexity index is 685. The van der Waals surface area contributed by atoms with Crippen LogP contribution in [0.3, 0.4) is 0 Å². The van der Waals surface area contributed by atoms with Gasteiger partial charge in [-0.15, -0.1) is 0 Å². The predicted molar refractivity (Wildman–Crippen MR) is 96.1 cm³/mol. The Morgan fingerprint density at radius 1 is 1.32 bits per heavy atom. The molecule has 25 heavy (non-hydrogen) atoms. The van der Waals surface area contributed by atoms with Crippen LogP contribution in [0.2, 0.25) is 5.02 Å². The molecule has 138 valence electrons. The van der Waals surface area contributed by atoms with Crippen molar-refractivity contribution in [2.75, 3.05) is 18.0 Å². The lowest BCUT2D eigenvalue weighted by atomic mass is 9.87. The van der Waals surface area contributed by atoms with Gasteiger partial charge in [0.15, 0.2) is 0 Å². The van der Waals surface area contributed by atoms with E-state index >= 15 is 0 Å². The molecule has 3 rings (SSSR count). The monoisotopic (exact) mass is 368 g/mol. The third-order valence-electron chi connectivity index (χ3n) is 5.16. The second-order valence-corrected chi connectivity index (χ2v) is 7.51. The Kier molecular flexibility index (Phi) is 5.51. The summed E-state index contributed by atoms with van der Waals surface area (Å²) in [6.07, 6.45) is 6.06. The first kappa shape index (κ1) is 18.0. The Labute approximate surface area is 152 Å². The molecule has 0 aromatic carbocycles. The highest BCUT2D eigenvalue weighted by Gasteiger charge is 2.29. The minimum Gasteiger partial charge on any atom is -0.444 e. The van der Waals surface area contributed by atoms with E-state index in [0.29, 0.717) is 25.2 Å². The van der Waals surface area contributed by atoms with Crippen LogP contribution in [-0.2, 0) is 11.8 Å². The maximum Gasteiger partial charge on any atom is 0.407 e. The van der Waals surface area contributed by atoms with Crippen LogP contribution >= 0.6 is 11.6 Å². The van der Waals surface area contributed by atoms with E-state index in [4.69, 9.17) is 16.3 Å². The van der Waals surface area contributed by atoms with Crippen molar-refractivity contribution >= 4 is 23.4 Å². The SMILES string of the molecule is Cn1ncc(N2CC[C@@H](OC(=O)N[C@H]3CC[C@@H](C)CC3)C2)c(Cl)c1=O. The lowest BCUT2D eigenvalue weighted by molar-refractivity contribution is 0.102. The number of aromatic nitrogens is 2. The lowest BCUT2D eigenvalue weighted by Crippen LogP contribution is -2.39. The number of carbonyl (C=O) groups is 1. The standard InChI is InChI=1S/C17H25ClN4O3/c1-11-3-5-12(6-4-11)20-17(24)25-13-7-8-22(10-13)14-9-19-21(2)16(23)15(14)18/h9,11-13H,3-8,10H2,1-2H3,(H,20,24)/t11-,12+,13-/m1/s1. The number of carbonyl (C=O) groups excluding carboxylic acids is 1. The van der Waals surface area contributed by atoms with E-state index in [1.807, 2.05) is 4.90 Å². The molecular weight excluding hydrogens is 344 g/mol. The van der Waals surface area contributed by atoms with Crippen LogP contribution in [0.1, 0.15) is 39.0 Å². The molecule has 1 aliphatic heterocycles. The summed E-state index contributed by atoms with van der Waals surface area (Å²) in [7, 11) is 1.56. The van der Waals surface area contributed by atoms with E-state index in [1.165, 1.54) is 4.68 Å². The molecule has 0 radical (unpaired) electrons. The van der Waals surface area contributed by atoms with E-state index < -0.39 is 0 Å². The number of alkyl carbamates (subject to hydrolysis) is 1. The van der Waals surface area contributed by atoms with E-state index in [-0.39, 0.29) is 28.8 Å². The molecule has 1 N–H and O–H groups in total. The topological polar surface area (TPSA) is 76.5 Å². The lowest BCUT2D eigenvalue weighted by Gasteiger charge is -2.27. The van der Waals surface area contributed by atoms with Gasteiger partial charge in [-0.25, -0.2) is 9.48 Å². The van der Waals surface area contributed by atoms with Crippen molar-refractivity contribution in [3.05, 3.63) is 21.6 Å². The van der Waals surface area contributed by atoms with Crippen LogP contribution < -0.4 is 15.8 Å². The van der Waals surface area contributed by atoms with Crippen LogP contribution in [0, 0.1) is 5.92 Å². The zero-order valence-corrected chi connectivity index (χ0v) is 15.5. The fraction of sp³-hybridized carbons (Fsp3) is 0.706. The van der Waals surface area contributed by atoms with Gasteiger partial charge in [-0.3, -0.25) is 4.79 Å². The van der Waals surface area contributed by atoms with Gasteiger partial charge >= 0.3 is 6.09 Å². The molecular formula is C17H25ClN4O3. The number of hydrogen-bond acceptors (Lipinski definition) is 5. The summed E-state index contributed by atoms with van der Waals surface area (Å²) in [5, 5.41) is 7.14. The van der Waals surface area contributed by atoms with Crippen LogP contribution in [0.25, 0.3) is 0 Å². The smallest absolute Gasteiger partial charge is 0.407 e. The molecule has 0 unspecified atom stereocenters. The first-order valence-electron chi connectivity index (χ1n) is 8.88. The summed E-state index contributed by atoms with van der Waals surface area (Å²) < 4.78 is 6.75. The Morgan fingerprint density at radius 3 is 2.76 bits per heavy atom. The van der Waals surface area contributed by atoms with Gasteiger partial charge in [-0.2, -0.15) is 5.10 Å². The van der Waals surface area contributed by atoms with Gasteiger partial charge in [-0.05, 0) is 31.6 Å². The van der Waals surface area contributed by atoms with Crippen molar-refractivity contribution in [1.29, 1.82) is 0 Å². The second kappa shape index (κ2) is 7.64. The molecule has 0 spiro atoms. The fourth-order valence-electron chi connectivity index (χ4n) is 3.52. The highest BCUT2D eigenvalue weighted by Crippen LogP contribution is 2.26. The zero-order chi connectivity index (χ0) is 18.0. The average molecular weight is 369 g/mol. The summed E-state index contributed by atoms with van der Waals surface area (Å²) in [6.45, 7) is 3.44. The summed E-state index contributed by atoms with van der Waals surface area (Å²) >= 11 is 6.14. The molecule has 2 heterocycles. The van der Waals surface area contributed by atoms with Crippen LogP contribution in [0.15, 0.2) is 11.0 Å². The van der Waals surface area contributed by atoms with Crippen LogP contribution in [0.4, 0.5) is 10.5 Å². The quantitative estimate of drug-likeness (QED) is 0.886. The summed E-state index contributed by atoms with van der Waals surface area (Å²) in [6, 6.07) is 0.219. The molecule has 1 saturated heterocycles. The second-order valence-electron chi connectivity index (χ2n) is 7.14. The number of halogens is 1. The Balaban J connectivity index is 1.52.